The van der Waals surface area contributed by atoms with Gasteiger partial charge < -0.3 is 4.74 Å². The van der Waals surface area contributed by atoms with Gasteiger partial charge in [0.25, 0.3) is 0 Å². The number of aromatic nitrogens is 2. The third kappa shape index (κ3) is 4.30. The van der Waals surface area contributed by atoms with Crippen molar-refractivity contribution in [3.8, 4) is 0 Å². The van der Waals surface area contributed by atoms with Crippen LogP contribution in [0.5, 0.6) is 0 Å². The van der Waals surface area contributed by atoms with Gasteiger partial charge in [0, 0.05) is 64.2 Å². The summed E-state index contributed by atoms with van der Waals surface area (Å²) in [6.45, 7) is 11.5. The first-order valence-corrected chi connectivity index (χ1v) is 7.20. The summed E-state index contributed by atoms with van der Waals surface area (Å²) < 4.78 is 7.32. The second-order valence-corrected chi connectivity index (χ2v) is 5.34. The third-order valence-electron chi connectivity index (χ3n) is 3.74. The minimum Gasteiger partial charge on any atom is -0.380 e. The van der Waals surface area contributed by atoms with Crippen LogP contribution in [-0.2, 0) is 18.3 Å². The zero-order valence-corrected chi connectivity index (χ0v) is 12.4. The number of hydrogen-bond acceptors (Lipinski definition) is 4. The first kappa shape index (κ1) is 14.5. The summed E-state index contributed by atoms with van der Waals surface area (Å²) in [6.07, 6.45) is 4.07. The summed E-state index contributed by atoms with van der Waals surface area (Å²) >= 11 is 0. The van der Waals surface area contributed by atoms with Crippen molar-refractivity contribution in [3.05, 3.63) is 18.0 Å². The highest BCUT2D eigenvalue weighted by Gasteiger charge is 2.23. The van der Waals surface area contributed by atoms with Crippen molar-refractivity contribution in [1.29, 1.82) is 0 Å². The lowest BCUT2D eigenvalue weighted by Gasteiger charge is -2.39. The average Bonchev–Trinajstić information content (AvgIpc) is 2.78. The van der Waals surface area contributed by atoms with Gasteiger partial charge in [0.1, 0.15) is 0 Å². The minimum absolute atomic E-state index is 0.603. The number of ether oxygens (including phenoxy) is 1. The van der Waals surface area contributed by atoms with Gasteiger partial charge in [-0.1, -0.05) is 0 Å². The highest BCUT2D eigenvalue weighted by atomic mass is 16.5. The second kappa shape index (κ2) is 7.03. The van der Waals surface area contributed by atoms with Gasteiger partial charge >= 0.3 is 0 Å². The third-order valence-corrected chi connectivity index (χ3v) is 3.74. The topological polar surface area (TPSA) is 33.5 Å². The number of aryl methyl sites for hydroxylation is 1. The van der Waals surface area contributed by atoms with Crippen LogP contribution in [0.15, 0.2) is 12.4 Å². The van der Waals surface area contributed by atoms with Crippen LogP contribution < -0.4 is 0 Å². The summed E-state index contributed by atoms with van der Waals surface area (Å²) in [7, 11) is 1.97. The van der Waals surface area contributed by atoms with Crippen LogP contribution in [0, 0.1) is 0 Å². The van der Waals surface area contributed by atoms with E-state index in [4.69, 9.17) is 4.74 Å². The Morgan fingerprint density at radius 1 is 1.42 bits per heavy atom. The first-order chi connectivity index (χ1) is 9.19. The van der Waals surface area contributed by atoms with E-state index in [0.717, 1.165) is 45.9 Å². The Balaban J connectivity index is 1.76. The van der Waals surface area contributed by atoms with Crippen LogP contribution in [-0.4, -0.2) is 65.0 Å². The fourth-order valence-corrected chi connectivity index (χ4v) is 2.68. The minimum atomic E-state index is 0.603. The molecule has 5 nitrogen and oxygen atoms in total. The molecule has 0 bridgehead atoms. The lowest BCUT2D eigenvalue weighted by molar-refractivity contribution is 0.0466. The van der Waals surface area contributed by atoms with Crippen molar-refractivity contribution >= 4 is 0 Å². The van der Waals surface area contributed by atoms with Crippen LogP contribution in [0.4, 0.5) is 0 Å². The van der Waals surface area contributed by atoms with Crippen LogP contribution in [0.2, 0.25) is 0 Å². The molecule has 0 aliphatic carbocycles. The Hall–Kier alpha value is -0.910. The predicted molar refractivity (Wildman–Crippen MR) is 76.0 cm³/mol. The van der Waals surface area contributed by atoms with Gasteiger partial charge in [0.15, 0.2) is 0 Å². The fraction of sp³-hybridized carbons (Fsp3) is 0.786. The van der Waals surface area contributed by atoms with Gasteiger partial charge in [0.2, 0.25) is 0 Å². The van der Waals surface area contributed by atoms with Crippen LogP contribution in [0.25, 0.3) is 0 Å². The van der Waals surface area contributed by atoms with E-state index in [9.17, 15) is 0 Å². The van der Waals surface area contributed by atoms with Crippen molar-refractivity contribution in [2.24, 2.45) is 7.05 Å². The molecule has 0 saturated carbocycles. The van der Waals surface area contributed by atoms with Crippen molar-refractivity contribution in [3.63, 3.8) is 0 Å². The number of nitrogens with zero attached hydrogens (tertiary/aromatic N) is 4. The van der Waals surface area contributed by atoms with E-state index in [1.165, 1.54) is 5.56 Å². The molecular formula is C14H26N4O. The first-order valence-electron chi connectivity index (χ1n) is 7.20. The van der Waals surface area contributed by atoms with Crippen molar-refractivity contribution < 1.29 is 4.74 Å². The molecule has 0 N–H and O–H groups in total. The zero-order chi connectivity index (χ0) is 13.7. The van der Waals surface area contributed by atoms with Crippen molar-refractivity contribution in [1.82, 2.24) is 19.6 Å². The molecule has 2 rings (SSSR count). The normalized spacial score (nSPS) is 21.9. The zero-order valence-electron chi connectivity index (χ0n) is 12.4. The Morgan fingerprint density at radius 2 is 2.26 bits per heavy atom. The summed E-state index contributed by atoms with van der Waals surface area (Å²) in [6, 6.07) is 0.603. The highest BCUT2D eigenvalue weighted by molar-refractivity contribution is 5.03. The Bertz CT molecular complexity index is 379. The molecule has 1 fully saturated rings. The Labute approximate surface area is 116 Å². The second-order valence-electron chi connectivity index (χ2n) is 5.34. The highest BCUT2D eigenvalue weighted by Crippen LogP contribution is 2.12. The average molecular weight is 266 g/mol. The van der Waals surface area contributed by atoms with E-state index < -0.39 is 0 Å². The summed E-state index contributed by atoms with van der Waals surface area (Å²) in [4.78, 5) is 5.04. The fourth-order valence-electron chi connectivity index (χ4n) is 2.68. The maximum atomic E-state index is 5.44. The smallest absolute Gasteiger partial charge is 0.0593 e. The predicted octanol–water partition coefficient (Wildman–Crippen LogP) is 0.963. The van der Waals surface area contributed by atoms with Gasteiger partial charge in [0.05, 0.1) is 12.8 Å². The quantitative estimate of drug-likeness (QED) is 0.718. The SMILES string of the molecule is CCOCCN1CCN(Cc2cnn(C)c2)CC1C. The van der Waals surface area contributed by atoms with E-state index in [2.05, 4.69) is 34.9 Å². The maximum absolute atomic E-state index is 5.44. The molecule has 1 aliphatic heterocycles. The molecule has 0 amide bonds. The molecule has 19 heavy (non-hydrogen) atoms. The van der Waals surface area contributed by atoms with Gasteiger partial charge in [-0.2, -0.15) is 5.10 Å². The molecule has 1 saturated heterocycles. The largest absolute Gasteiger partial charge is 0.380 e. The van der Waals surface area contributed by atoms with Crippen LogP contribution in [0.3, 0.4) is 0 Å². The molecule has 108 valence electrons. The molecule has 1 atom stereocenters. The molecule has 5 heteroatoms. The summed E-state index contributed by atoms with van der Waals surface area (Å²) in [5.74, 6) is 0. The van der Waals surface area contributed by atoms with Gasteiger partial charge in [-0.15, -0.1) is 0 Å². The monoisotopic (exact) mass is 266 g/mol. The molecule has 1 unspecified atom stereocenters. The van der Waals surface area contributed by atoms with E-state index in [0.29, 0.717) is 6.04 Å². The summed E-state index contributed by atoms with van der Waals surface area (Å²) in [5, 5.41) is 4.23. The molecule has 1 aliphatic rings. The van der Waals surface area contributed by atoms with Crippen molar-refractivity contribution in [2.45, 2.75) is 26.4 Å². The lowest BCUT2D eigenvalue weighted by atomic mass is 10.2. The molecule has 0 radical (unpaired) electrons. The molecule has 2 heterocycles. The molecule has 0 spiro atoms. The van der Waals surface area contributed by atoms with Gasteiger partial charge in [-0.05, 0) is 13.8 Å². The van der Waals surface area contributed by atoms with Gasteiger partial charge in [-0.25, -0.2) is 0 Å². The van der Waals surface area contributed by atoms with E-state index in [1.54, 1.807) is 0 Å². The van der Waals surface area contributed by atoms with Crippen LogP contribution >= 0.6 is 0 Å². The Kier molecular flexibility index (Phi) is 5.36. The lowest BCUT2D eigenvalue weighted by Crippen LogP contribution is -2.52. The van der Waals surface area contributed by atoms with E-state index >= 15 is 0 Å². The molecular weight excluding hydrogens is 240 g/mol. The Morgan fingerprint density at radius 3 is 2.89 bits per heavy atom. The number of hydrogen-bond donors (Lipinski definition) is 0. The summed E-state index contributed by atoms with van der Waals surface area (Å²) in [5.41, 5.74) is 1.30. The maximum Gasteiger partial charge on any atom is 0.0593 e. The number of rotatable bonds is 6. The van der Waals surface area contributed by atoms with E-state index in [1.807, 2.05) is 17.9 Å². The standard InChI is InChI=1S/C14H26N4O/c1-4-19-8-7-18-6-5-17(10-13(18)2)12-14-9-15-16(3)11-14/h9,11,13H,4-8,10,12H2,1-3H3. The molecule has 0 aromatic carbocycles. The van der Waals surface area contributed by atoms with Crippen LogP contribution in [0.1, 0.15) is 19.4 Å². The number of piperazine rings is 1. The molecule has 1 aromatic heterocycles. The van der Waals surface area contributed by atoms with Gasteiger partial charge in [-0.3, -0.25) is 14.5 Å². The van der Waals surface area contributed by atoms with E-state index in [-0.39, 0.29) is 0 Å². The van der Waals surface area contributed by atoms with Crippen molar-refractivity contribution in [2.75, 3.05) is 39.4 Å². The molecule has 1 aromatic rings.